The van der Waals surface area contributed by atoms with Gasteiger partial charge in [-0.3, -0.25) is 0 Å². The number of ether oxygens (including phenoxy) is 1. The Labute approximate surface area is 146 Å². The summed E-state index contributed by atoms with van der Waals surface area (Å²) in [4.78, 5) is 0. The van der Waals surface area contributed by atoms with Crippen molar-refractivity contribution in [3.05, 3.63) is 65.2 Å². The molecular weight excluding hydrogens is 322 g/mol. The van der Waals surface area contributed by atoms with Crippen LogP contribution in [0.5, 0.6) is 0 Å². The number of benzene rings is 2. The van der Waals surface area contributed by atoms with Gasteiger partial charge in [0.2, 0.25) is 0 Å². The lowest BCUT2D eigenvalue weighted by atomic mass is 9.76. The van der Waals surface area contributed by atoms with Crippen molar-refractivity contribution in [1.82, 2.24) is 5.32 Å². The standard InChI is InChI=1S/C20H22F2N2O/c1-23-11-14-7-8-15-18(12-5-3-2-4-6-12)24-19-16(20(15)25-14)9-13(21)10-17(19)22/h2-6,9-10,14-15,18,20,23-24H,7-8,11H2,1H3/t14-,15+,18+,20+/m1/s1. The molecule has 0 spiro atoms. The van der Waals surface area contributed by atoms with Crippen LogP contribution in [-0.2, 0) is 4.74 Å². The number of fused-ring (bicyclic) bond motifs is 3. The summed E-state index contributed by atoms with van der Waals surface area (Å²) in [6.45, 7) is 0.736. The molecule has 2 N–H and O–H groups in total. The monoisotopic (exact) mass is 344 g/mol. The van der Waals surface area contributed by atoms with Crippen LogP contribution in [0.1, 0.15) is 36.1 Å². The average molecular weight is 344 g/mol. The van der Waals surface area contributed by atoms with Gasteiger partial charge in [-0.2, -0.15) is 0 Å². The van der Waals surface area contributed by atoms with E-state index in [1.165, 1.54) is 6.07 Å². The zero-order valence-electron chi connectivity index (χ0n) is 14.1. The molecule has 0 bridgehead atoms. The van der Waals surface area contributed by atoms with E-state index in [1.807, 2.05) is 37.4 Å². The first-order valence-corrected chi connectivity index (χ1v) is 8.78. The highest BCUT2D eigenvalue weighted by Crippen LogP contribution is 2.50. The fraction of sp³-hybridized carbons (Fsp3) is 0.400. The van der Waals surface area contributed by atoms with E-state index < -0.39 is 11.6 Å². The van der Waals surface area contributed by atoms with E-state index in [0.29, 0.717) is 11.3 Å². The summed E-state index contributed by atoms with van der Waals surface area (Å²) in [7, 11) is 1.89. The molecule has 2 aromatic rings. The maximum absolute atomic E-state index is 14.5. The lowest BCUT2D eigenvalue weighted by Crippen LogP contribution is -2.41. The Morgan fingerprint density at radius 2 is 1.96 bits per heavy atom. The van der Waals surface area contributed by atoms with Gasteiger partial charge in [-0.25, -0.2) is 8.78 Å². The van der Waals surface area contributed by atoms with Crippen molar-refractivity contribution in [2.24, 2.45) is 5.92 Å². The number of halogens is 2. The summed E-state index contributed by atoms with van der Waals surface area (Å²) in [5, 5.41) is 6.45. The van der Waals surface area contributed by atoms with Crippen LogP contribution in [0.3, 0.4) is 0 Å². The SMILES string of the molecule is CNC[C@H]1CC[C@@H]2[C@H](O1)c1cc(F)cc(F)c1N[C@H]2c1ccccc1. The third-order valence-electron chi connectivity index (χ3n) is 5.26. The van der Waals surface area contributed by atoms with Crippen molar-refractivity contribution in [2.75, 3.05) is 18.9 Å². The summed E-state index contributed by atoms with van der Waals surface area (Å²) in [5.41, 5.74) is 2.06. The van der Waals surface area contributed by atoms with Gasteiger partial charge in [-0.05, 0) is 31.5 Å². The number of likely N-dealkylation sites (N-methyl/N-ethyl adjacent to an activating group) is 1. The quantitative estimate of drug-likeness (QED) is 0.876. The minimum absolute atomic E-state index is 0.0470. The molecule has 4 rings (SSSR count). The summed E-state index contributed by atoms with van der Waals surface area (Å²) >= 11 is 0. The Hall–Kier alpha value is -1.98. The molecule has 0 saturated carbocycles. The maximum Gasteiger partial charge on any atom is 0.149 e. The van der Waals surface area contributed by atoms with Gasteiger partial charge in [0.25, 0.3) is 0 Å². The number of rotatable bonds is 3. The van der Waals surface area contributed by atoms with E-state index in [-0.39, 0.29) is 24.2 Å². The summed E-state index contributed by atoms with van der Waals surface area (Å²) in [5.74, 6) is -0.979. The third-order valence-corrected chi connectivity index (χ3v) is 5.26. The first kappa shape index (κ1) is 16.5. The van der Waals surface area contributed by atoms with Crippen molar-refractivity contribution < 1.29 is 13.5 Å². The second kappa shape index (κ2) is 6.73. The van der Waals surface area contributed by atoms with Gasteiger partial charge >= 0.3 is 0 Å². The molecular formula is C20H22F2N2O. The van der Waals surface area contributed by atoms with Crippen LogP contribution < -0.4 is 10.6 Å². The minimum atomic E-state index is -0.561. The molecule has 0 radical (unpaired) electrons. The Bertz CT molecular complexity index is 753. The molecule has 0 amide bonds. The fourth-order valence-electron chi connectivity index (χ4n) is 4.15. The molecule has 0 aliphatic carbocycles. The Balaban J connectivity index is 1.77. The molecule has 1 saturated heterocycles. The summed E-state index contributed by atoms with van der Waals surface area (Å²) < 4.78 is 34.6. The Morgan fingerprint density at radius 3 is 2.72 bits per heavy atom. The number of hydrogen-bond donors (Lipinski definition) is 2. The number of hydrogen-bond acceptors (Lipinski definition) is 3. The van der Waals surface area contributed by atoms with E-state index in [4.69, 9.17) is 4.74 Å². The highest BCUT2D eigenvalue weighted by molar-refractivity contribution is 5.58. The van der Waals surface area contributed by atoms with Gasteiger partial charge in [0, 0.05) is 24.1 Å². The van der Waals surface area contributed by atoms with Crippen LogP contribution in [0.4, 0.5) is 14.5 Å². The highest BCUT2D eigenvalue weighted by Gasteiger charge is 2.43. The van der Waals surface area contributed by atoms with Gasteiger partial charge in [-0.15, -0.1) is 0 Å². The highest BCUT2D eigenvalue weighted by atomic mass is 19.1. The largest absolute Gasteiger partial charge is 0.375 e. The normalized spacial score (nSPS) is 28.0. The zero-order chi connectivity index (χ0) is 17.4. The predicted octanol–water partition coefficient (Wildman–Crippen LogP) is 4.19. The van der Waals surface area contributed by atoms with Crippen LogP contribution in [0.25, 0.3) is 0 Å². The van der Waals surface area contributed by atoms with Crippen LogP contribution in [0, 0.1) is 17.6 Å². The third kappa shape index (κ3) is 3.02. The zero-order valence-corrected chi connectivity index (χ0v) is 14.1. The molecule has 4 atom stereocenters. The Kier molecular flexibility index (Phi) is 4.44. The molecule has 25 heavy (non-hydrogen) atoms. The van der Waals surface area contributed by atoms with Crippen LogP contribution >= 0.6 is 0 Å². The second-order valence-corrected chi connectivity index (χ2v) is 6.86. The predicted molar refractivity (Wildman–Crippen MR) is 93.4 cm³/mol. The molecule has 3 nitrogen and oxygen atoms in total. The number of nitrogens with one attached hydrogen (secondary N) is 2. The summed E-state index contributed by atoms with van der Waals surface area (Å²) in [6, 6.07) is 12.3. The van der Waals surface area contributed by atoms with Gasteiger partial charge < -0.3 is 15.4 Å². The molecule has 0 unspecified atom stereocenters. The summed E-state index contributed by atoms with van der Waals surface area (Å²) in [6.07, 6.45) is 1.63. The second-order valence-electron chi connectivity index (χ2n) is 6.86. The van der Waals surface area contributed by atoms with Gasteiger partial charge in [-0.1, -0.05) is 30.3 Å². The first-order chi connectivity index (χ1) is 12.2. The Morgan fingerprint density at radius 1 is 1.16 bits per heavy atom. The first-order valence-electron chi connectivity index (χ1n) is 8.78. The minimum Gasteiger partial charge on any atom is -0.375 e. The molecule has 2 aliphatic heterocycles. The van der Waals surface area contributed by atoms with Crippen LogP contribution in [0.2, 0.25) is 0 Å². The lowest BCUT2D eigenvalue weighted by Gasteiger charge is -2.45. The number of anilines is 1. The fourth-order valence-corrected chi connectivity index (χ4v) is 4.15. The van der Waals surface area contributed by atoms with E-state index in [0.717, 1.165) is 31.0 Å². The molecule has 0 aromatic heterocycles. The molecule has 132 valence electrons. The van der Waals surface area contributed by atoms with Gasteiger partial charge in [0.15, 0.2) is 0 Å². The van der Waals surface area contributed by atoms with E-state index in [9.17, 15) is 8.78 Å². The van der Waals surface area contributed by atoms with Crippen molar-refractivity contribution in [3.8, 4) is 0 Å². The lowest BCUT2D eigenvalue weighted by molar-refractivity contribution is -0.0913. The van der Waals surface area contributed by atoms with Crippen molar-refractivity contribution >= 4 is 5.69 Å². The molecule has 5 heteroatoms. The molecule has 2 heterocycles. The topological polar surface area (TPSA) is 33.3 Å². The van der Waals surface area contributed by atoms with Crippen molar-refractivity contribution in [2.45, 2.75) is 31.1 Å². The molecule has 2 aliphatic rings. The van der Waals surface area contributed by atoms with E-state index in [2.05, 4.69) is 10.6 Å². The van der Waals surface area contributed by atoms with Crippen molar-refractivity contribution in [1.29, 1.82) is 0 Å². The van der Waals surface area contributed by atoms with Crippen LogP contribution in [0.15, 0.2) is 42.5 Å². The maximum atomic E-state index is 14.5. The molecule has 1 fully saturated rings. The van der Waals surface area contributed by atoms with Crippen LogP contribution in [-0.4, -0.2) is 19.7 Å². The van der Waals surface area contributed by atoms with Gasteiger partial charge in [0.05, 0.1) is 23.9 Å². The molecule has 2 aromatic carbocycles. The van der Waals surface area contributed by atoms with Crippen molar-refractivity contribution in [3.63, 3.8) is 0 Å². The smallest absolute Gasteiger partial charge is 0.149 e. The average Bonchev–Trinajstić information content (AvgIpc) is 2.62. The van der Waals surface area contributed by atoms with E-state index >= 15 is 0 Å². The van der Waals surface area contributed by atoms with Gasteiger partial charge in [0.1, 0.15) is 11.6 Å². The van der Waals surface area contributed by atoms with E-state index in [1.54, 1.807) is 0 Å².